The van der Waals surface area contributed by atoms with Crippen LogP contribution < -0.4 is 14.9 Å². The molecule has 0 aromatic heterocycles. The van der Waals surface area contributed by atoms with E-state index >= 15 is 0 Å². The van der Waals surface area contributed by atoms with E-state index in [2.05, 4.69) is 10.6 Å². The monoisotopic (exact) mass is 665 g/mol. The summed E-state index contributed by atoms with van der Waals surface area (Å²) in [7, 11) is -3.45. The first-order valence-electron chi connectivity index (χ1n) is 15.0. The second-order valence-corrected chi connectivity index (χ2v) is 13.7. The number of benzene rings is 3. The van der Waals surface area contributed by atoms with Crippen LogP contribution in [0.25, 0.3) is 0 Å². The highest BCUT2D eigenvalue weighted by Crippen LogP contribution is 2.37. The Balaban J connectivity index is 0.00000461. The fourth-order valence-electron chi connectivity index (χ4n) is 6.10. The first-order valence-corrected chi connectivity index (χ1v) is 16.7. The van der Waals surface area contributed by atoms with Gasteiger partial charge in [-0.15, -0.1) is 12.4 Å². The summed E-state index contributed by atoms with van der Waals surface area (Å²) in [5, 5.41) is 17.2. The number of alkyl halides is 3. The van der Waals surface area contributed by atoms with Crippen LogP contribution in [0.4, 0.5) is 18.9 Å². The lowest BCUT2D eigenvalue weighted by atomic mass is 9.94. The topological polar surface area (TPSA) is 98.7 Å². The molecule has 244 valence electrons. The Morgan fingerprint density at radius 3 is 2.33 bits per heavy atom. The van der Waals surface area contributed by atoms with Crippen LogP contribution in [0, 0.1) is 0 Å². The van der Waals surface area contributed by atoms with Gasteiger partial charge < -0.3 is 15.7 Å². The van der Waals surface area contributed by atoms with Gasteiger partial charge in [0.25, 0.3) is 5.91 Å². The average Bonchev–Trinajstić information content (AvgIpc) is 3.66. The number of halogens is 4. The van der Waals surface area contributed by atoms with Crippen LogP contribution in [-0.2, 0) is 29.2 Å². The molecule has 1 aliphatic carbocycles. The summed E-state index contributed by atoms with van der Waals surface area (Å²) in [5.74, 6) is -0.112. The summed E-state index contributed by atoms with van der Waals surface area (Å²) in [6.45, 7) is 0.488. The minimum absolute atomic E-state index is 0. The van der Waals surface area contributed by atoms with Crippen LogP contribution in [0.15, 0.2) is 72.8 Å². The predicted octanol–water partition coefficient (Wildman–Crippen LogP) is 5.82. The fraction of sp³-hybridized carbons (Fsp3) is 0.424. The molecule has 1 amide bonds. The maximum absolute atomic E-state index is 13.8. The Bertz CT molecular complexity index is 1550. The number of carbonyl (C=O) groups excluding carboxylic acids is 1. The van der Waals surface area contributed by atoms with Crippen LogP contribution in [0.3, 0.4) is 0 Å². The number of carbonyl (C=O) groups is 1. The predicted molar refractivity (Wildman–Crippen MR) is 171 cm³/mol. The molecule has 0 spiro atoms. The molecule has 3 aromatic carbocycles. The Labute approximate surface area is 268 Å². The van der Waals surface area contributed by atoms with Crippen LogP contribution in [0.5, 0.6) is 0 Å². The van der Waals surface area contributed by atoms with Gasteiger partial charge in [0.1, 0.15) is 0 Å². The van der Waals surface area contributed by atoms with E-state index in [0.29, 0.717) is 36.2 Å². The van der Waals surface area contributed by atoms with Gasteiger partial charge in [0.05, 0.1) is 29.1 Å². The van der Waals surface area contributed by atoms with Crippen LogP contribution in [0.1, 0.15) is 70.6 Å². The summed E-state index contributed by atoms with van der Waals surface area (Å²) in [6.07, 6.45) is -0.566. The zero-order valence-electron chi connectivity index (χ0n) is 24.8. The molecule has 0 radical (unpaired) electrons. The molecule has 3 N–H and O–H groups in total. The lowest BCUT2D eigenvalue weighted by Gasteiger charge is -2.26. The summed E-state index contributed by atoms with van der Waals surface area (Å²) < 4.78 is 66.2. The second-order valence-electron chi connectivity index (χ2n) is 11.7. The number of aliphatic hydroxyl groups excluding tert-OH is 1. The smallest absolute Gasteiger partial charge is 0.390 e. The largest absolute Gasteiger partial charge is 0.416 e. The van der Waals surface area contributed by atoms with Crippen molar-refractivity contribution in [2.45, 2.75) is 69.3 Å². The van der Waals surface area contributed by atoms with Gasteiger partial charge in [-0.3, -0.25) is 9.10 Å². The standard InChI is InChI=1S/C33H38F3N3O4S.ClH/c34-33(35,36)28-13-6-10-24(16-28)21-37-22-31(40)30(17-23-8-2-1-3-9-23)38-32(41)27-18-26(25-11-4-5-12-25)19-29(20-27)39-14-7-15-44(39,42)43;/h1-3,6,8-10,13,16,18-20,25,30-31,37,40H,4-5,7,11-12,14-15,17,21-22H2,(H,38,41);1H/t30-,31+;/m0./s1. The molecule has 1 saturated heterocycles. The number of amides is 1. The van der Waals surface area contributed by atoms with Crippen molar-refractivity contribution in [1.29, 1.82) is 0 Å². The van der Waals surface area contributed by atoms with E-state index in [1.807, 2.05) is 42.5 Å². The van der Waals surface area contributed by atoms with E-state index in [4.69, 9.17) is 0 Å². The third-order valence-electron chi connectivity index (χ3n) is 8.43. The molecular formula is C33H39ClF3N3O4S. The third kappa shape index (κ3) is 9.00. The first kappa shape index (κ1) is 34.7. The molecule has 2 atom stereocenters. The molecule has 3 aromatic rings. The Morgan fingerprint density at radius 1 is 0.956 bits per heavy atom. The highest BCUT2D eigenvalue weighted by molar-refractivity contribution is 7.93. The van der Waals surface area contributed by atoms with Gasteiger partial charge in [0.2, 0.25) is 10.0 Å². The van der Waals surface area contributed by atoms with Crippen LogP contribution >= 0.6 is 12.4 Å². The highest BCUT2D eigenvalue weighted by Gasteiger charge is 2.32. The first-order chi connectivity index (χ1) is 21.0. The van der Waals surface area contributed by atoms with Gasteiger partial charge in [-0.1, -0.05) is 61.4 Å². The zero-order valence-corrected chi connectivity index (χ0v) is 26.4. The maximum Gasteiger partial charge on any atom is 0.416 e. The molecule has 0 unspecified atom stereocenters. The number of sulfonamides is 1. The molecule has 45 heavy (non-hydrogen) atoms. The molecule has 1 saturated carbocycles. The lowest BCUT2D eigenvalue weighted by Crippen LogP contribution is -2.48. The molecule has 12 heteroatoms. The number of nitrogens with one attached hydrogen (secondary N) is 2. The van der Waals surface area contributed by atoms with Crippen LogP contribution in [-0.4, -0.2) is 50.4 Å². The number of hydrogen-bond donors (Lipinski definition) is 3. The summed E-state index contributed by atoms with van der Waals surface area (Å²) >= 11 is 0. The van der Waals surface area contributed by atoms with Crippen molar-refractivity contribution >= 4 is 34.0 Å². The number of hydrogen-bond acceptors (Lipinski definition) is 5. The maximum atomic E-state index is 13.8. The fourth-order valence-corrected chi connectivity index (χ4v) is 7.65. The minimum atomic E-state index is -4.45. The molecule has 2 fully saturated rings. The number of nitrogens with zero attached hydrogens (tertiary/aromatic N) is 1. The van der Waals surface area contributed by atoms with E-state index in [1.54, 1.807) is 12.1 Å². The van der Waals surface area contributed by atoms with E-state index < -0.39 is 39.8 Å². The van der Waals surface area contributed by atoms with Crippen molar-refractivity contribution < 1.29 is 31.5 Å². The molecule has 7 nitrogen and oxygen atoms in total. The SMILES string of the molecule is Cl.O=C(N[C@@H](Cc1ccccc1)[C@H](O)CNCc1cccc(C(F)(F)F)c1)c1cc(C2CCCC2)cc(N2CCCS2(=O)=O)c1. The Morgan fingerprint density at radius 2 is 1.67 bits per heavy atom. The van der Waals surface area contributed by atoms with Crippen molar-refractivity contribution in [2.75, 3.05) is 23.1 Å². The van der Waals surface area contributed by atoms with Gasteiger partial charge in [0, 0.05) is 25.2 Å². The Hall–Kier alpha value is -3.12. The summed E-state index contributed by atoms with van der Waals surface area (Å²) in [5.41, 5.74) is 2.32. The zero-order chi connectivity index (χ0) is 31.3. The van der Waals surface area contributed by atoms with Crippen molar-refractivity contribution in [3.05, 3.63) is 101 Å². The van der Waals surface area contributed by atoms with Gasteiger partial charge >= 0.3 is 6.18 Å². The summed E-state index contributed by atoms with van der Waals surface area (Å²) in [6, 6.07) is 19.0. The van der Waals surface area contributed by atoms with Gasteiger partial charge in [0.15, 0.2) is 0 Å². The van der Waals surface area contributed by atoms with Crippen molar-refractivity contribution in [2.24, 2.45) is 0 Å². The average molecular weight is 666 g/mol. The number of rotatable bonds is 11. The van der Waals surface area contributed by atoms with E-state index in [9.17, 15) is 31.5 Å². The number of aliphatic hydroxyl groups is 1. The molecule has 5 rings (SSSR count). The van der Waals surface area contributed by atoms with E-state index in [0.717, 1.165) is 48.9 Å². The lowest BCUT2D eigenvalue weighted by molar-refractivity contribution is -0.137. The molecular weight excluding hydrogens is 627 g/mol. The van der Waals surface area contributed by atoms with Gasteiger partial charge in [-0.2, -0.15) is 13.2 Å². The molecule has 1 aliphatic heterocycles. The summed E-state index contributed by atoms with van der Waals surface area (Å²) in [4.78, 5) is 13.8. The molecule has 0 bridgehead atoms. The normalized spacial score (nSPS) is 17.9. The van der Waals surface area contributed by atoms with Gasteiger partial charge in [-0.25, -0.2) is 8.42 Å². The van der Waals surface area contributed by atoms with Crippen LogP contribution in [0.2, 0.25) is 0 Å². The molecule has 2 aliphatic rings. The minimum Gasteiger partial charge on any atom is -0.390 e. The van der Waals surface area contributed by atoms with Crippen molar-refractivity contribution in [1.82, 2.24) is 10.6 Å². The number of anilines is 1. The quantitative estimate of drug-likeness (QED) is 0.240. The Kier molecular flexibility index (Phi) is 11.6. The third-order valence-corrected chi connectivity index (χ3v) is 10.3. The highest BCUT2D eigenvalue weighted by atomic mass is 35.5. The second kappa shape index (κ2) is 15.0. The van der Waals surface area contributed by atoms with E-state index in [1.165, 1.54) is 10.4 Å². The molecule has 1 heterocycles. The van der Waals surface area contributed by atoms with E-state index in [-0.39, 0.29) is 37.2 Å². The van der Waals surface area contributed by atoms with Crippen molar-refractivity contribution in [3.63, 3.8) is 0 Å². The van der Waals surface area contributed by atoms with Gasteiger partial charge in [-0.05, 0) is 72.6 Å². The van der Waals surface area contributed by atoms with Crippen molar-refractivity contribution in [3.8, 4) is 0 Å².